The van der Waals surface area contributed by atoms with Crippen molar-refractivity contribution in [2.75, 3.05) is 0 Å². The molecular formula is C37H41NO4. The van der Waals surface area contributed by atoms with E-state index in [2.05, 4.69) is 79.7 Å². The van der Waals surface area contributed by atoms with Crippen LogP contribution in [0.25, 0.3) is 10.8 Å². The molecule has 1 amide bonds. The third-order valence-electron chi connectivity index (χ3n) is 8.60. The number of hydrogen-bond donors (Lipinski definition) is 0. The highest BCUT2D eigenvalue weighted by molar-refractivity contribution is 5.83. The number of amides is 1. The molecule has 4 aromatic rings. The first-order chi connectivity index (χ1) is 20.2. The number of nitrogens with zero attached hydrogens (tertiary/aromatic N) is 1. The van der Waals surface area contributed by atoms with Crippen LogP contribution in [-0.4, -0.2) is 34.8 Å². The molecule has 0 aromatic heterocycles. The van der Waals surface area contributed by atoms with E-state index in [1.54, 1.807) is 0 Å². The Bertz CT molecular complexity index is 1540. The Morgan fingerprint density at radius 2 is 1.60 bits per heavy atom. The minimum absolute atomic E-state index is 0.0301. The second-order valence-corrected chi connectivity index (χ2v) is 12.8. The molecule has 4 unspecified atom stereocenters. The number of rotatable bonds is 7. The number of carbonyl (C=O) groups excluding carboxylic acids is 1. The number of carbonyl (C=O) groups is 1. The summed E-state index contributed by atoms with van der Waals surface area (Å²) in [7, 11) is 0. The molecule has 218 valence electrons. The molecule has 2 aliphatic rings. The molecule has 42 heavy (non-hydrogen) atoms. The Hall–Kier alpha value is -3.83. The molecule has 2 saturated heterocycles. The van der Waals surface area contributed by atoms with Crippen molar-refractivity contribution in [1.82, 2.24) is 4.90 Å². The largest absolute Gasteiger partial charge is 0.489 e. The summed E-state index contributed by atoms with van der Waals surface area (Å²) in [5, 5.41) is 2.42. The average molecular weight is 564 g/mol. The van der Waals surface area contributed by atoms with Gasteiger partial charge in [0, 0.05) is 12.0 Å². The predicted octanol–water partition coefficient (Wildman–Crippen LogP) is 8.57. The van der Waals surface area contributed by atoms with Crippen LogP contribution >= 0.6 is 0 Å². The van der Waals surface area contributed by atoms with Crippen LogP contribution in [0, 0.1) is 6.92 Å². The first-order valence-corrected chi connectivity index (χ1v) is 15.1. The van der Waals surface area contributed by atoms with E-state index in [0.717, 1.165) is 36.1 Å². The second-order valence-electron chi connectivity index (χ2n) is 12.8. The van der Waals surface area contributed by atoms with Crippen molar-refractivity contribution in [2.24, 2.45) is 0 Å². The molecule has 6 rings (SSSR count). The standard InChI is InChI=1S/C37H41NO4/c1-25-20-31(40-23-26-10-6-5-7-11-26)17-18-32(25)33-22-30-16-19-34(38(30)36(39)42-37(2,3)4)35(33)41-24-27-14-15-28-12-8-9-13-29(28)21-27/h5-15,17-18,20-21,30,33-35H,16,19,22-24H2,1-4H3. The van der Waals surface area contributed by atoms with Crippen molar-refractivity contribution >= 4 is 16.9 Å². The molecule has 0 spiro atoms. The lowest BCUT2D eigenvalue weighted by Gasteiger charge is -2.45. The summed E-state index contributed by atoms with van der Waals surface area (Å²) in [5.74, 6) is 1.03. The van der Waals surface area contributed by atoms with Crippen LogP contribution in [0.2, 0.25) is 0 Å². The van der Waals surface area contributed by atoms with E-state index in [1.165, 1.54) is 21.9 Å². The minimum atomic E-state index is -0.541. The maximum absolute atomic E-state index is 13.4. The third kappa shape index (κ3) is 6.17. The van der Waals surface area contributed by atoms with E-state index >= 15 is 0 Å². The number of benzene rings is 4. The van der Waals surface area contributed by atoms with Gasteiger partial charge in [-0.05, 0) is 98.2 Å². The molecule has 0 radical (unpaired) electrons. The third-order valence-corrected chi connectivity index (χ3v) is 8.60. The second kappa shape index (κ2) is 11.8. The first kappa shape index (κ1) is 28.3. The summed E-state index contributed by atoms with van der Waals surface area (Å²) in [6.07, 6.45) is 2.36. The number of piperidine rings is 1. The van der Waals surface area contributed by atoms with Gasteiger partial charge >= 0.3 is 6.09 Å². The highest BCUT2D eigenvalue weighted by Gasteiger charge is 2.51. The van der Waals surface area contributed by atoms with Gasteiger partial charge in [-0.15, -0.1) is 0 Å². The van der Waals surface area contributed by atoms with Crippen molar-refractivity contribution in [1.29, 1.82) is 0 Å². The lowest BCUT2D eigenvalue weighted by Crippen LogP contribution is -2.55. The van der Waals surface area contributed by atoms with Gasteiger partial charge in [0.25, 0.3) is 0 Å². The van der Waals surface area contributed by atoms with Crippen LogP contribution in [0.5, 0.6) is 5.75 Å². The van der Waals surface area contributed by atoms with Gasteiger partial charge in [-0.2, -0.15) is 0 Å². The molecule has 5 nitrogen and oxygen atoms in total. The number of hydrogen-bond acceptors (Lipinski definition) is 4. The number of aryl methyl sites for hydroxylation is 1. The lowest BCUT2D eigenvalue weighted by molar-refractivity contribution is -0.0668. The fourth-order valence-corrected chi connectivity index (χ4v) is 6.71. The zero-order chi connectivity index (χ0) is 29.3. The molecule has 4 atom stereocenters. The molecule has 2 bridgehead atoms. The Labute approximate surface area is 249 Å². The summed E-state index contributed by atoms with van der Waals surface area (Å²) in [6.45, 7) is 8.98. The van der Waals surface area contributed by atoms with Gasteiger partial charge in [-0.3, -0.25) is 4.90 Å². The van der Waals surface area contributed by atoms with Gasteiger partial charge in [0.15, 0.2) is 0 Å². The Morgan fingerprint density at radius 3 is 2.36 bits per heavy atom. The van der Waals surface area contributed by atoms with E-state index in [0.29, 0.717) is 13.2 Å². The summed E-state index contributed by atoms with van der Waals surface area (Å²) in [6, 6.07) is 31.7. The van der Waals surface area contributed by atoms with Gasteiger partial charge in [0.1, 0.15) is 18.0 Å². The lowest BCUT2D eigenvalue weighted by atomic mass is 9.80. The van der Waals surface area contributed by atoms with E-state index in [1.807, 2.05) is 43.9 Å². The van der Waals surface area contributed by atoms with E-state index in [4.69, 9.17) is 14.2 Å². The Kier molecular flexibility index (Phi) is 7.96. The van der Waals surface area contributed by atoms with Crippen molar-refractivity contribution in [3.8, 4) is 5.75 Å². The van der Waals surface area contributed by atoms with Crippen LogP contribution in [0.1, 0.15) is 68.2 Å². The number of ether oxygens (including phenoxy) is 3. The van der Waals surface area contributed by atoms with E-state index in [9.17, 15) is 4.79 Å². The summed E-state index contributed by atoms with van der Waals surface area (Å²) in [4.78, 5) is 15.4. The molecule has 2 fully saturated rings. The van der Waals surface area contributed by atoms with Gasteiger partial charge in [-0.1, -0.05) is 72.8 Å². The van der Waals surface area contributed by atoms with Gasteiger partial charge < -0.3 is 14.2 Å². The molecule has 0 aliphatic carbocycles. The quantitative estimate of drug-likeness (QED) is 0.226. The van der Waals surface area contributed by atoms with Crippen LogP contribution in [-0.2, 0) is 22.7 Å². The maximum atomic E-state index is 13.4. The zero-order valence-electron chi connectivity index (χ0n) is 25.1. The summed E-state index contributed by atoms with van der Waals surface area (Å²) < 4.78 is 18.8. The summed E-state index contributed by atoms with van der Waals surface area (Å²) >= 11 is 0. The van der Waals surface area contributed by atoms with Gasteiger partial charge in [-0.25, -0.2) is 4.79 Å². The molecule has 5 heteroatoms. The SMILES string of the molecule is Cc1cc(OCc2ccccc2)ccc1C1CC2CCC(C1OCc1ccc3ccccc3c1)N2C(=O)OC(C)(C)C. The van der Waals surface area contributed by atoms with Crippen molar-refractivity contribution < 1.29 is 19.0 Å². The fourth-order valence-electron chi connectivity index (χ4n) is 6.71. The first-order valence-electron chi connectivity index (χ1n) is 15.1. The van der Waals surface area contributed by atoms with Crippen molar-refractivity contribution in [3.05, 3.63) is 113 Å². The molecule has 0 N–H and O–H groups in total. The van der Waals surface area contributed by atoms with Crippen LogP contribution in [0.3, 0.4) is 0 Å². The number of fused-ring (bicyclic) bond motifs is 3. The molecule has 2 aliphatic heterocycles. The van der Waals surface area contributed by atoms with Crippen LogP contribution in [0.15, 0.2) is 91.0 Å². The Balaban J connectivity index is 1.26. The zero-order valence-corrected chi connectivity index (χ0v) is 25.1. The van der Waals surface area contributed by atoms with Crippen molar-refractivity contribution in [3.63, 3.8) is 0 Å². The highest BCUT2D eigenvalue weighted by Crippen LogP contribution is 2.46. The van der Waals surface area contributed by atoms with Crippen molar-refractivity contribution in [2.45, 2.75) is 89.9 Å². The fraction of sp³-hybridized carbons (Fsp3) is 0.378. The highest BCUT2D eigenvalue weighted by atomic mass is 16.6. The molecular weight excluding hydrogens is 522 g/mol. The van der Waals surface area contributed by atoms with Crippen LogP contribution < -0.4 is 4.74 Å². The maximum Gasteiger partial charge on any atom is 0.410 e. The topological polar surface area (TPSA) is 48.0 Å². The smallest absolute Gasteiger partial charge is 0.410 e. The molecule has 2 heterocycles. The predicted molar refractivity (Wildman–Crippen MR) is 167 cm³/mol. The van der Waals surface area contributed by atoms with Crippen LogP contribution in [0.4, 0.5) is 4.79 Å². The summed E-state index contributed by atoms with van der Waals surface area (Å²) in [5.41, 5.74) is 4.20. The van der Waals surface area contributed by atoms with Gasteiger partial charge in [0.2, 0.25) is 0 Å². The molecule has 4 aromatic carbocycles. The monoisotopic (exact) mass is 563 g/mol. The minimum Gasteiger partial charge on any atom is -0.489 e. The van der Waals surface area contributed by atoms with E-state index < -0.39 is 5.60 Å². The van der Waals surface area contributed by atoms with Gasteiger partial charge in [0.05, 0.1) is 18.8 Å². The van der Waals surface area contributed by atoms with E-state index in [-0.39, 0.29) is 30.2 Å². The molecule has 0 saturated carbocycles. The average Bonchev–Trinajstić information content (AvgIpc) is 3.30. The normalized spacial score (nSPS) is 21.9. The Morgan fingerprint density at radius 1 is 0.833 bits per heavy atom.